The van der Waals surface area contributed by atoms with E-state index in [2.05, 4.69) is 36.2 Å². The highest BCUT2D eigenvalue weighted by molar-refractivity contribution is 7.16. The van der Waals surface area contributed by atoms with Gasteiger partial charge in [0, 0.05) is 16.4 Å². The highest BCUT2D eigenvalue weighted by Gasteiger charge is 2.28. The molecule has 2 aromatic rings. The molecular formula is C11H10N2S. The lowest BCUT2D eigenvalue weighted by atomic mass is 10.0. The van der Waals surface area contributed by atoms with E-state index in [-0.39, 0.29) is 0 Å². The Hall–Kier alpha value is -1.35. The first-order chi connectivity index (χ1) is 6.77. The number of rotatable bonds is 0. The van der Waals surface area contributed by atoms with E-state index in [4.69, 9.17) is 5.73 Å². The maximum absolute atomic E-state index is 5.72. The van der Waals surface area contributed by atoms with Gasteiger partial charge < -0.3 is 5.73 Å². The Morgan fingerprint density at radius 1 is 1.36 bits per heavy atom. The molecule has 1 heterocycles. The minimum Gasteiger partial charge on any atom is -0.375 e. The van der Waals surface area contributed by atoms with E-state index in [9.17, 15) is 0 Å². The topological polar surface area (TPSA) is 38.9 Å². The number of nitrogens with two attached hydrogens (primary N) is 1. The zero-order chi connectivity index (χ0) is 9.71. The molecule has 2 N–H and O–H groups in total. The van der Waals surface area contributed by atoms with Crippen molar-refractivity contribution in [1.82, 2.24) is 4.98 Å². The van der Waals surface area contributed by atoms with E-state index in [0.29, 0.717) is 11.0 Å². The number of fused-ring (bicyclic) bond motifs is 3. The monoisotopic (exact) mass is 202 g/mol. The fraction of sp³-hybridized carbons (Fsp3) is 0.182. The molecule has 1 unspecified atom stereocenters. The van der Waals surface area contributed by atoms with Crippen LogP contribution in [0.25, 0.3) is 11.3 Å². The van der Waals surface area contributed by atoms with Crippen molar-refractivity contribution in [3.63, 3.8) is 0 Å². The van der Waals surface area contributed by atoms with Gasteiger partial charge in [-0.25, -0.2) is 4.98 Å². The Morgan fingerprint density at radius 3 is 3.00 bits per heavy atom. The third kappa shape index (κ3) is 0.876. The van der Waals surface area contributed by atoms with E-state index in [1.54, 1.807) is 11.3 Å². The van der Waals surface area contributed by atoms with Gasteiger partial charge in [0.05, 0.1) is 5.69 Å². The van der Waals surface area contributed by atoms with Gasteiger partial charge >= 0.3 is 0 Å². The maximum Gasteiger partial charge on any atom is 0.180 e. The van der Waals surface area contributed by atoms with Gasteiger partial charge in [0.2, 0.25) is 0 Å². The van der Waals surface area contributed by atoms with Crippen molar-refractivity contribution in [2.45, 2.75) is 12.8 Å². The molecule has 1 aliphatic carbocycles. The largest absolute Gasteiger partial charge is 0.375 e. The van der Waals surface area contributed by atoms with Crippen molar-refractivity contribution in [2.24, 2.45) is 0 Å². The Bertz CT molecular complexity index is 502. The van der Waals surface area contributed by atoms with Gasteiger partial charge in [0.1, 0.15) is 0 Å². The SMILES string of the molecule is CC1c2ccccc2-c2nc(N)sc21. The fourth-order valence-electron chi connectivity index (χ4n) is 2.07. The third-order valence-corrected chi connectivity index (χ3v) is 3.81. The molecule has 0 bridgehead atoms. The van der Waals surface area contributed by atoms with E-state index < -0.39 is 0 Å². The maximum atomic E-state index is 5.72. The average Bonchev–Trinajstić information content (AvgIpc) is 2.68. The molecule has 0 radical (unpaired) electrons. The number of hydrogen-bond acceptors (Lipinski definition) is 3. The number of nitrogens with zero attached hydrogens (tertiary/aromatic N) is 1. The van der Waals surface area contributed by atoms with Crippen molar-refractivity contribution in [2.75, 3.05) is 5.73 Å². The Kier molecular flexibility index (Phi) is 1.47. The third-order valence-electron chi connectivity index (χ3n) is 2.75. The van der Waals surface area contributed by atoms with Gasteiger partial charge in [-0.3, -0.25) is 0 Å². The second kappa shape index (κ2) is 2.58. The van der Waals surface area contributed by atoms with Crippen LogP contribution >= 0.6 is 11.3 Å². The first-order valence-corrected chi connectivity index (χ1v) is 5.44. The molecule has 14 heavy (non-hydrogen) atoms. The van der Waals surface area contributed by atoms with Crippen LogP contribution in [0, 0.1) is 0 Å². The molecule has 1 aliphatic rings. The zero-order valence-electron chi connectivity index (χ0n) is 7.82. The van der Waals surface area contributed by atoms with Crippen molar-refractivity contribution in [3.05, 3.63) is 34.7 Å². The molecule has 70 valence electrons. The highest BCUT2D eigenvalue weighted by atomic mass is 32.1. The molecular weight excluding hydrogens is 192 g/mol. The lowest BCUT2D eigenvalue weighted by Crippen LogP contribution is -1.87. The van der Waals surface area contributed by atoms with Crippen LogP contribution in [0.1, 0.15) is 23.3 Å². The van der Waals surface area contributed by atoms with Crippen molar-refractivity contribution in [3.8, 4) is 11.3 Å². The van der Waals surface area contributed by atoms with Crippen LogP contribution in [0.2, 0.25) is 0 Å². The lowest BCUT2D eigenvalue weighted by molar-refractivity contribution is 0.979. The second-order valence-corrected chi connectivity index (χ2v) is 4.64. The minimum absolute atomic E-state index is 0.455. The molecule has 3 rings (SSSR count). The van der Waals surface area contributed by atoms with Crippen LogP contribution in [0.3, 0.4) is 0 Å². The number of anilines is 1. The van der Waals surface area contributed by atoms with Crippen LogP contribution in [-0.2, 0) is 0 Å². The summed E-state index contributed by atoms with van der Waals surface area (Å²) in [5, 5.41) is 0.677. The van der Waals surface area contributed by atoms with Gasteiger partial charge in [-0.05, 0) is 5.56 Å². The van der Waals surface area contributed by atoms with Crippen LogP contribution < -0.4 is 5.73 Å². The molecule has 0 aliphatic heterocycles. The first kappa shape index (κ1) is 8.00. The predicted molar refractivity (Wildman–Crippen MR) is 59.5 cm³/mol. The molecule has 1 atom stereocenters. The molecule has 0 saturated heterocycles. The zero-order valence-corrected chi connectivity index (χ0v) is 8.64. The number of benzene rings is 1. The summed E-state index contributed by atoms with van der Waals surface area (Å²) in [5.74, 6) is 0.455. The van der Waals surface area contributed by atoms with E-state index in [1.807, 2.05) is 0 Å². The summed E-state index contributed by atoms with van der Waals surface area (Å²) in [6.07, 6.45) is 0. The number of nitrogen functional groups attached to an aromatic ring is 1. The van der Waals surface area contributed by atoms with Gasteiger partial charge in [-0.2, -0.15) is 0 Å². The molecule has 3 heteroatoms. The molecule has 1 aromatic heterocycles. The van der Waals surface area contributed by atoms with Crippen molar-refractivity contribution in [1.29, 1.82) is 0 Å². The molecule has 0 saturated carbocycles. The van der Waals surface area contributed by atoms with E-state index >= 15 is 0 Å². The van der Waals surface area contributed by atoms with E-state index in [0.717, 1.165) is 5.69 Å². The van der Waals surface area contributed by atoms with Crippen molar-refractivity contribution < 1.29 is 0 Å². The number of aromatic nitrogens is 1. The summed E-state index contributed by atoms with van der Waals surface area (Å²) in [5.41, 5.74) is 9.44. The highest BCUT2D eigenvalue weighted by Crippen LogP contribution is 2.47. The average molecular weight is 202 g/mol. The van der Waals surface area contributed by atoms with Crippen molar-refractivity contribution >= 4 is 16.5 Å². The molecule has 1 aromatic carbocycles. The van der Waals surface area contributed by atoms with Crippen LogP contribution in [0.15, 0.2) is 24.3 Å². The first-order valence-electron chi connectivity index (χ1n) is 4.63. The summed E-state index contributed by atoms with van der Waals surface area (Å²) in [6, 6.07) is 8.42. The van der Waals surface area contributed by atoms with Gasteiger partial charge in [0.15, 0.2) is 5.13 Å². The predicted octanol–water partition coefficient (Wildman–Crippen LogP) is 2.86. The van der Waals surface area contributed by atoms with Crippen LogP contribution in [0.4, 0.5) is 5.13 Å². The Balaban J connectivity index is 2.34. The van der Waals surface area contributed by atoms with E-state index in [1.165, 1.54) is 16.0 Å². The standard InChI is InChI=1S/C11H10N2S/c1-6-7-4-2-3-5-8(7)9-10(6)14-11(12)13-9/h2-6H,1H3,(H2,12,13). The normalized spacial score (nSPS) is 17.9. The lowest BCUT2D eigenvalue weighted by Gasteiger charge is -2.03. The summed E-state index contributed by atoms with van der Waals surface area (Å²) in [6.45, 7) is 2.21. The van der Waals surface area contributed by atoms with Gasteiger partial charge in [-0.15, -0.1) is 11.3 Å². The second-order valence-electron chi connectivity index (χ2n) is 3.57. The number of thiazole rings is 1. The van der Waals surface area contributed by atoms with Gasteiger partial charge in [0.25, 0.3) is 0 Å². The summed E-state index contributed by atoms with van der Waals surface area (Å²) in [7, 11) is 0. The summed E-state index contributed by atoms with van der Waals surface area (Å²) in [4.78, 5) is 5.69. The quantitative estimate of drug-likeness (QED) is 0.713. The molecule has 0 amide bonds. The molecule has 0 spiro atoms. The van der Waals surface area contributed by atoms with Crippen LogP contribution in [-0.4, -0.2) is 4.98 Å². The minimum atomic E-state index is 0.455. The Morgan fingerprint density at radius 2 is 2.14 bits per heavy atom. The smallest absolute Gasteiger partial charge is 0.180 e. The van der Waals surface area contributed by atoms with Gasteiger partial charge in [-0.1, -0.05) is 31.2 Å². The molecule has 2 nitrogen and oxygen atoms in total. The Labute approximate surface area is 86.4 Å². The summed E-state index contributed by atoms with van der Waals surface area (Å²) < 4.78 is 0. The number of hydrogen-bond donors (Lipinski definition) is 1. The summed E-state index contributed by atoms with van der Waals surface area (Å²) >= 11 is 1.61. The van der Waals surface area contributed by atoms with Crippen LogP contribution in [0.5, 0.6) is 0 Å². The molecule has 0 fully saturated rings. The fourth-order valence-corrected chi connectivity index (χ4v) is 2.99.